The predicted molar refractivity (Wildman–Crippen MR) is 118 cm³/mol. The fraction of sp³-hybridized carbons (Fsp3) is 0.308. The van der Waals surface area contributed by atoms with Crippen molar-refractivity contribution in [3.8, 4) is 11.5 Å². The molecule has 4 rings (SSSR count). The molecule has 0 bridgehead atoms. The van der Waals surface area contributed by atoms with Crippen molar-refractivity contribution in [3.63, 3.8) is 0 Å². The van der Waals surface area contributed by atoms with Crippen molar-refractivity contribution in [2.45, 2.75) is 38.8 Å². The summed E-state index contributed by atoms with van der Waals surface area (Å²) in [7, 11) is 0. The molecule has 1 N–H and O–H groups in total. The van der Waals surface area contributed by atoms with E-state index >= 15 is 0 Å². The fourth-order valence-electron chi connectivity index (χ4n) is 3.79. The second-order valence-corrected chi connectivity index (χ2v) is 7.55. The average Bonchev–Trinajstić information content (AvgIpc) is 2.78. The lowest BCUT2D eigenvalue weighted by Gasteiger charge is -2.28. The van der Waals surface area contributed by atoms with E-state index in [9.17, 15) is 0 Å². The maximum atomic E-state index is 6.03. The molecule has 1 heterocycles. The summed E-state index contributed by atoms with van der Waals surface area (Å²) in [5, 5.41) is 3.67. The summed E-state index contributed by atoms with van der Waals surface area (Å²) in [6.07, 6.45) is 3.24. The number of benzene rings is 3. The van der Waals surface area contributed by atoms with E-state index in [0.717, 1.165) is 43.9 Å². The van der Waals surface area contributed by atoms with Gasteiger partial charge in [0.2, 0.25) is 0 Å². The number of ether oxygens (including phenoxy) is 2. The maximum Gasteiger partial charge on any atom is 0.120 e. The normalized spacial score (nSPS) is 15.6. The highest BCUT2D eigenvalue weighted by Crippen LogP contribution is 2.32. The first-order chi connectivity index (χ1) is 14.3. The standard InChI is InChI=1S/C26H29NO2/c1-2-3-16-28-23-11-7-10-22(18-23)26-25-13-12-24(17-21(25)14-15-27-26)29-19-20-8-5-4-6-9-20/h4-13,17-18,26-27H,2-3,14-16,19H2,1H3. The molecule has 0 aliphatic carbocycles. The molecule has 0 aromatic heterocycles. The summed E-state index contributed by atoms with van der Waals surface area (Å²) < 4.78 is 11.9. The maximum absolute atomic E-state index is 6.03. The molecule has 29 heavy (non-hydrogen) atoms. The Labute approximate surface area is 173 Å². The van der Waals surface area contributed by atoms with Crippen LogP contribution in [0.25, 0.3) is 0 Å². The van der Waals surface area contributed by atoms with Gasteiger partial charge in [-0.3, -0.25) is 0 Å². The Bertz CT molecular complexity index is 923. The third-order valence-electron chi connectivity index (χ3n) is 5.37. The van der Waals surface area contributed by atoms with Crippen molar-refractivity contribution in [2.75, 3.05) is 13.2 Å². The van der Waals surface area contributed by atoms with Crippen LogP contribution in [0.15, 0.2) is 72.8 Å². The summed E-state index contributed by atoms with van der Waals surface area (Å²) in [6, 6.07) is 25.5. The van der Waals surface area contributed by atoms with Crippen LogP contribution in [0.4, 0.5) is 0 Å². The van der Waals surface area contributed by atoms with Gasteiger partial charge in [0.05, 0.1) is 12.6 Å². The number of hydrogen-bond acceptors (Lipinski definition) is 3. The smallest absolute Gasteiger partial charge is 0.120 e. The van der Waals surface area contributed by atoms with Crippen LogP contribution in [0, 0.1) is 0 Å². The number of nitrogens with one attached hydrogen (secondary N) is 1. The molecule has 1 unspecified atom stereocenters. The van der Waals surface area contributed by atoms with Crippen molar-refractivity contribution >= 4 is 0 Å². The summed E-state index contributed by atoms with van der Waals surface area (Å²) in [5.41, 5.74) is 5.12. The van der Waals surface area contributed by atoms with Crippen LogP contribution in [0.2, 0.25) is 0 Å². The molecule has 0 spiro atoms. The third-order valence-corrected chi connectivity index (χ3v) is 5.37. The van der Waals surface area contributed by atoms with Gasteiger partial charge in [-0.2, -0.15) is 0 Å². The quantitative estimate of drug-likeness (QED) is 0.505. The highest BCUT2D eigenvalue weighted by atomic mass is 16.5. The molecule has 3 aromatic carbocycles. The summed E-state index contributed by atoms with van der Waals surface area (Å²) in [6.45, 7) is 4.51. The monoisotopic (exact) mass is 387 g/mol. The zero-order chi connectivity index (χ0) is 19.9. The Morgan fingerprint density at radius 3 is 2.62 bits per heavy atom. The predicted octanol–water partition coefficient (Wildman–Crippen LogP) is 5.68. The molecule has 150 valence electrons. The van der Waals surface area contributed by atoms with Crippen LogP contribution in [-0.2, 0) is 13.0 Å². The molecule has 3 heteroatoms. The van der Waals surface area contributed by atoms with Gasteiger partial charge in [0.1, 0.15) is 18.1 Å². The van der Waals surface area contributed by atoms with Gasteiger partial charge in [-0.05, 0) is 59.4 Å². The van der Waals surface area contributed by atoms with Gasteiger partial charge in [0.25, 0.3) is 0 Å². The Morgan fingerprint density at radius 1 is 0.897 bits per heavy atom. The van der Waals surface area contributed by atoms with Crippen molar-refractivity contribution in [2.24, 2.45) is 0 Å². The molecule has 0 fully saturated rings. The van der Waals surface area contributed by atoms with Crippen LogP contribution in [0.5, 0.6) is 11.5 Å². The van der Waals surface area contributed by atoms with E-state index in [1.807, 2.05) is 24.3 Å². The Morgan fingerprint density at radius 2 is 1.76 bits per heavy atom. The molecule has 1 atom stereocenters. The highest BCUT2D eigenvalue weighted by molar-refractivity contribution is 5.45. The minimum atomic E-state index is 0.191. The molecule has 0 saturated carbocycles. The van der Waals surface area contributed by atoms with E-state index in [1.165, 1.54) is 22.3 Å². The first-order valence-corrected chi connectivity index (χ1v) is 10.6. The van der Waals surface area contributed by atoms with Gasteiger partial charge in [0, 0.05) is 6.54 Å². The first-order valence-electron chi connectivity index (χ1n) is 10.6. The summed E-state index contributed by atoms with van der Waals surface area (Å²) in [5.74, 6) is 1.89. The Balaban J connectivity index is 1.49. The molecule has 0 amide bonds. The van der Waals surface area contributed by atoms with Gasteiger partial charge in [-0.1, -0.05) is 61.9 Å². The van der Waals surface area contributed by atoms with Crippen molar-refractivity contribution in [3.05, 3.63) is 95.1 Å². The van der Waals surface area contributed by atoms with Crippen LogP contribution in [0.1, 0.15) is 48.1 Å². The highest BCUT2D eigenvalue weighted by Gasteiger charge is 2.22. The van der Waals surface area contributed by atoms with E-state index in [4.69, 9.17) is 9.47 Å². The number of unbranched alkanes of at least 4 members (excludes halogenated alkanes) is 1. The topological polar surface area (TPSA) is 30.5 Å². The largest absolute Gasteiger partial charge is 0.494 e. The minimum absolute atomic E-state index is 0.191. The molecular weight excluding hydrogens is 358 g/mol. The lowest BCUT2D eigenvalue weighted by molar-refractivity contribution is 0.305. The molecule has 1 aliphatic heterocycles. The van der Waals surface area contributed by atoms with Crippen LogP contribution < -0.4 is 14.8 Å². The van der Waals surface area contributed by atoms with Gasteiger partial charge in [-0.15, -0.1) is 0 Å². The molecule has 1 aliphatic rings. The van der Waals surface area contributed by atoms with Crippen molar-refractivity contribution in [1.82, 2.24) is 5.32 Å². The van der Waals surface area contributed by atoms with Crippen LogP contribution in [0.3, 0.4) is 0 Å². The van der Waals surface area contributed by atoms with E-state index < -0.39 is 0 Å². The second-order valence-electron chi connectivity index (χ2n) is 7.55. The van der Waals surface area contributed by atoms with Gasteiger partial charge in [-0.25, -0.2) is 0 Å². The summed E-state index contributed by atoms with van der Waals surface area (Å²) in [4.78, 5) is 0. The van der Waals surface area contributed by atoms with Crippen LogP contribution >= 0.6 is 0 Å². The van der Waals surface area contributed by atoms with Gasteiger partial charge < -0.3 is 14.8 Å². The van der Waals surface area contributed by atoms with E-state index in [0.29, 0.717) is 6.61 Å². The zero-order valence-corrected chi connectivity index (χ0v) is 17.1. The Kier molecular flexibility index (Phi) is 6.48. The molecule has 3 aromatic rings. The van der Waals surface area contributed by atoms with E-state index in [-0.39, 0.29) is 6.04 Å². The van der Waals surface area contributed by atoms with Crippen molar-refractivity contribution < 1.29 is 9.47 Å². The number of hydrogen-bond donors (Lipinski definition) is 1. The van der Waals surface area contributed by atoms with Gasteiger partial charge in [0.15, 0.2) is 0 Å². The SMILES string of the molecule is CCCCOc1cccc(C2NCCc3cc(OCc4ccccc4)ccc32)c1. The lowest BCUT2D eigenvalue weighted by atomic mass is 9.89. The molecule has 0 radical (unpaired) electrons. The van der Waals surface area contributed by atoms with Crippen molar-refractivity contribution in [1.29, 1.82) is 0 Å². The molecule has 3 nitrogen and oxygen atoms in total. The average molecular weight is 388 g/mol. The lowest BCUT2D eigenvalue weighted by Crippen LogP contribution is -2.30. The molecule has 0 saturated heterocycles. The third kappa shape index (κ3) is 4.99. The van der Waals surface area contributed by atoms with Crippen LogP contribution in [-0.4, -0.2) is 13.2 Å². The number of rotatable bonds is 8. The summed E-state index contributed by atoms with van der Waals surface area (Å²) >= 11 is 0. The minimum Gasteiger partial charge on any atom is -0.494 e. The van der Waals surface area contributed by atoms with Gasteiger partial charge >= 0.3 is 0 Å². The van der Waals surface area contributed by atoms with E-state index in [2.05, 4.69) is 60.8 Å². The zero-order valence-electron chi connectivity index (χ0n) is 17.1. The number of fused-ring (bicyclic) bond motifs is 1. The first kappa shape index (κ1) is 19.5. The molecular formula is C26H29NO2. The second kappa shape index (κ2) is 9.62. The Hall–Kier alpha value is -2.78. The van der Waals surface area contributed by atoms with E-state index in [1.54, 1.807) is 0 Å². The fourth-order valence-corrected chi connectivity index (χ4v) is 3.79.